The molecule has 1 aromatic heterocycles. The molecule has 4 heterocycles. The lowest BCUT2D eigenvalue weighted by molar-refractivity contribution is -0.218. The molecule has 1 saturated heterocycles. The summed E-state index contributed by atoms with van der Waals surface area (Å²) in [6, 6.07) is 4.76. The molecule has 0 radical (unpaired) electrons. The molecule has 2 aromatic rings. The van der Waals surface area contributed by atoms with Crippen LogP contribution >= 0.6 is 11.3 Å². The zero-order chi connectivity index (χ0) is 33.4. The summed E-state index contributed by atoms with van der Waals surface area (Å²) < 4.78 is 42.0. The lowest BCUT2D eigenvalue weighted by Crippen LogP contribution is -2.76. The molecule has 3 atom stereocenters. The Morgan fingerprint density at radius 3 is 2.78 bits per heavy atom. The Kier molecular flexibility index (Phi) is 9.15. The summed E-state index contributed by atoms with van der Waals surface area (Å²) in [4.78, 5) is 40.8. The molecule has 1 aromatic carbocycles. The number of guanidine groups is 1. The van der Waals surface area contributed by atoms with Gasteiger partial charge in [0, 0.05) is 25.0 Å². The number of aryl methyl sites for hydroxylation is 1. The van der Waals surface area contributed by atoms with Crippen molar-refractivity contribution >= 4 is 50.4 Å². The van der Waals surface area contributed by atoms with E-state index in [-0.39, 0.29) is 22.6 Å². The Labute approximate surface area is 269 Å². The van der Waals surface area contributed by atoms with Crippen molar-refractivity contribution in [1.29, 1.82) is 0 Å². The molecule has 0 aliphatic carbocycles. The minimum atomic E-state index is -4.96. The maximum Gasteiger partial charge on any atom is 0.418 e. The van der Waals surface area contributed by atoms with Crippen molar-refractivity contribution in [2.75, 3.05) is 25.4 Å². The van der Waals surface area contributed by atoms with E-state index in [1.165, 1.54) is 19.2 Å². The van der Waals surface area contributed by atoms with Crippen LogP contribution in [-0.2, 0) is 35.5 Å². The van der Waals surface area contributed by atoms with Crippen LogP contribution < -0.4 is 32.2 Å². The SMILES string of the molecule is CC(C)(O/N=C(\C(=O)N[C@@H]1C(=O)N(OS(=O)(=O)O)C1(C)C)c1csc(N)n1)[C@H]1CCc2cc([C@H]3CNC(NCCN)=N3)ccc2O1. The van der Waals surface area contributed by atoms with E-state index in [4.69, 9.17) is 30.6 Å². The standard InChI is InChI=1S/C27H37N9O8S2/c1-26(2)21(23(38)36(26)44-46(39,40)41)34-22(37)20(17-13-45-24(29)32-17)35-43-27(3,4)19-8-6-15-11-14(5-7-18(15)42-19)16-12-31-25(33-16)30-10-9-28/h5,7,11,13,16,19,21H,6,8-10,12,28H2,1-4H3,(H2,29,32)(H,34,37)(H2,30,31,33)(H,39,40,41)/b35-20-/t16-,19-,21-/m1/s1. The van der Waals surface area contributed by atoms with Crippen LogP contribution in [0.5, 0.6) is 5.75 Å². The predicted molar refractivity (Wildman–Crippen MR) is 168 cm³/mol. The number of anilines is 1. The van der Waals surface area contributed by atoms with E-state index in [1.807, 2.05) is 12.1 Å². The molecule has 3 aliphatic rings. The summed E-state index contributed by atoms with van der Waals surface area (Å²) in [7, 11) is -4.96. The topological polar surface area (TPSA) is 245 Å². The highest BCUT2D eigenvalue weighted by Gasteiger charge is 2.58. The predicted octanol–water partition coefficient (Wildman–Crippen LogP) is 0.00700. The average molecular weight is 680 g/mol. The Hall–Kier alpha value is -4.04. The molecule has 250 valence electrons. The molecule has 1 fully saturated rings. The van der Waals surface area contributed by atoms with Gasteiger partial charge in [0.15, 0.2) is 22.4 Å². The number of rotatable bonds is 11. The molecule has 19 heteroatoms. The second kappa shape index (κ2) is 12.6. The first kappa shape index (κ1) is 33.3. The number of amides is 2. The minimum Gasteiger partial charge on any atom is -0.486 e. The van der Waals surface area contributed by atoms with Crippen LogP contribution in [0, 0.1) is 0 Å². The van der Waals surface area contributed by atoms with Crippen molar-refractivity contribution in [3.05, 3.63) is 40.4 Å². The minimum absolute atomic E-state index is 0.0270. The number of hydrogen-bond acceptors (Lipinski definition) is 15. The number of fused-ring (bicyclic) bond motifs is 1. The summed E-state index contributed by atoms with van der Waals surface area (Å²) in [6.07, 6.45) is 0.883. The summed E-state index contributed by atoms with van der Waals surface area (Å²) in [5, 5.41) is 15.2. The number of aliphatic imine (C=N–C) groups is 1. The number of carbonyl (C=O) groups excluding carboxylic acids is 2. The van der Waals surface area contributed by atoms with Gasteiger partial charge in [0.25, 0.3) is 11.8 Å². The van der Waals surface area contributed by atoms with Gasteiger partial charge in [-0.05, 0) is 63.8 Å². The molecule has 3 aliphatic heterocycles. The summed E-state index contributed by atoms with van der Waals surface area (Å²) >= 11 is 1.08. The number of β-lactam (4-membered cyclic amide) rings is 1. The summed E-state index contributed by atoms with van der Waals surface area (Å²) in [5.74, 6) is -0.281. The second-order valence-corrected chi connectivity index (χ2v) is 13.9. The fraction of sp³-hybridized carbons (Fsp3) is 0.519. The van der Waals surface area contributed by atoms with Gasteiger partial charge in [0.2, 0.25) is 0 Å². The quantitative estimate of drug-likeness (QED) is 0.0794. The number of carbonyl (C=O) groups is 2. The van der Waals surface area contributed by atoms with Crippen LogP contribution in [0.15, 0.2) is 33.7 Å². The van der Waals surface area contributed by atoms with Crippen LogP contribution in [0.2, 0.25) is 0 Å². The van der Waals surface area contributed by atoms with Gasteiger partial charge < -0.3 is 37.0 Å². The fourth-order valence-electron chi connectivity index (χ4n) is 5.28. The van der Waals surface area contributed by atoms with Gasteiger partial charge in [-0.25, -0.2) is 9.98 Å². The third-order valence-corrected chi connectivity index (χ3v) is 8.86. The number of thiazole rings is 1. The van der Waals surface area contributed by atoms with Gasteiger partial charge in [0.1, 0.15) is 23.6 Å². The highest BCUT2D eigenvalue weighted by atomic mass is 32.3. The molecule has 0 saturated carbocycles. The molecule has 2 amide bonds. The van der Waals surface area contributed by atoms with Crippen LogP contribution in [-0.4, -0.2) is 89.4 Å². The number of nitrogens with two attached hydrogens (primary N) is 2. The molecule has 0 unspecified atom stereocenters. The van der Waals surface area contributed by atoms with Crippen LogP contribution in [0.1, 0.15) is 57.0 Å². The van der Waals surface area contributed by atoms with E-state index in [9.17, 15) is 18.0 Å². The number of nitrogens with one attached hydrogen (secondary N) is 3. The zero-order valence-corrected chi connectivity index (χ0v) is 27.3. The Morgan fingerprint density at radius 2 is 2.13 bits per heavy atom. The van der Waals surface area contributed by atoms with Crippen LogP contribution in [0.4, 0.5) is 5.13 Å². The zero-order valence-electron chi connectivity index (χ0n) is 25.6. The van der Waals surface area contributed by atoms with Gasteiger partial charge in [-0.15, -0.1) is 15.6 Å². The molecule has 8 N–H and O–H groups in total. The van der Waals surface area contributed by atoms with E-state index in [2.05, 4.69) is 36.4 Å². The second-order valence-electron chi connectivity index (χ2n) is 12.0. The number of aromatic nitrogens is 1. The van der Waals surface area contributed by atoms with E-state index < -0.39 is 45.5 Å². The van der Waals surface area contributed by atoms with Crippen molar-refractivity contribution in [1.82, 2.24) is 26.0 Å². The number of nitrogens with zero attached hydrogens (tertiary/aromatic N) is 4. The van der Waals surface area contributed by atoms with Crippen molar-refractivity contribution in [3.8, 4) is 5.75 Å². The van der Waals surface area contributed by atoms with Crippen LogP contribution in [0.3, 0.4) is 0 Å². The molecule has 0 spiro atoms. The molecule has 0 bridgehead atoms. The Balaban J connectivity index is 1.28. The van der Waals surface area contributed by atoms with E-state index in [0.717, 1.165) is 28.4 Å². The summed E-state index contributed by atoms with van der Waals surface area (Å²) in [5.41, 5.74) is 11.0. The number of oxime groups is 1. The third-order valence-electron chi connectivity index (χ3n) is 7.85. The van der Waals surface area contributed by atoms with Crippen molar-refractivity contribution in [2.45, 2.75) is 69.9 Å². The van der Waals surface area contributed by atoms with Gasteiger partial charge in [-0.2, -0.15) is 13.5 Å². The molecule has 46 heavy (non-hydrogen) atoms. The van der Waals surface area contributed by atoms with Gasteiger partial charge in [0.05, 0.1) is 11.6 Å². The number of ether oxygens (including phenoxy) is 1. The van der Waals surface area contributed by atoms with E-state index in [0.29, 0.717) is 43.3 Å². The van der Waals surface area contributed by atoms with E-state index in [1.54, 1.807) is 13.8 Å². The largest absolute Gasteiger partial charge is 0.486 e. The highest BCUT2D eigenvalue weighted by Crippen LogP contribution is 2.36. The third kappa shape index (κ3) is 7.02. The van der Waals surface area contributed by atoms with Crippen molar-refractivity contribution in [3.63, 3.8) is 0 Å². The molecular formula is C27H37N9O8S2. The lowest BCUT2D eigenvalue weighted by atomic mass is 9.84. The molecule has 17 nitrogen and oxygen atoms in total. The van der Waals surface area contributed by atoms with E-state index >= 15 is 0 Å². The Bertz CT molecular complexity index is 1670. The van der Waals surface area contributed by atoms with Gasteiger partial charge in [-0.3, -0.25) is 14.1 Å². The summed E-state index contributed by atoms with van der Waals surface area (Å²) in [6.45, 7) is 8.27. The van der Waals surface area contributed by atoms with Crippen LogP contribution in [0.25, 0.3) is 0 Å². The lowest BCUT2D eigenvalue weighted by Gasteiger charge is -2.50. The number of hydrogen-bond donors (Lipinski definition) is 6. The van der Waals surface area contributed by atoms with Gasteiger partial charge >= 0.3 is 10.4 Å². The van der Waals surface area contributed by atoms with Crippen molar-refractivity contribution in [2.24, 2.45) is 15.9 Å². The molecule has 5 rings (SSSR count). The van der Waals surface area contributed by atoms with Gasteiger partial charge in [-0.1, -0.05) is 11.2 Å². The number of benzene rings is 1. The smallest absolute Gasteiger partial charge is 0.418 e. The number of hydroxylamine groups is 2. The first-order valence-electron chi connectivity index (χ1n) is 14.4. The fourth-order valence-corrected chi connectivity index (χ4v) is 6.28. The van der Waals surface area contributed by atoms with Crippen molar-refractivity contribution < 1.29 is 36.4 Å². The molecular weight excluding hydrogens is 642 g/mol. The number of nitrogen functional groups attached to an aromatic ring is 1. The highest BCUT2D eigenvalue weighted by molar-refractivity contribution is 7.80. The maximum atomic E-state index is 13.4. The Morgan fingerprint density at radius 1 is 1.37 bits per heavy atom. The normalized spacial score (nSPS) is 22.6. The first-order chi connectivity index (χ1) is 21.6. The maximum absolute atomic E-state index is 13.4. The first-order valence-corrected chi connectivity index (χ1v) is 16.7. The average Bonchev–Trinajstić information content (AvgIpc) is 3.65. The monoisotopic (exact) mass is 679 g/mol.